The van der Waals surface area contributed by atoms with E-state index in [2.05, 4.69) is 48.3 Å². The Morgan fingerprint density at radius 1 is 0.953 bits per heavy atom. The van der Waals surface area contributed by atoms with Crippen LogP contribution in [0, 0.1) is 6.92 Å². The minimum atomic E-state index is -2.50. The number of nitrogens with one attached hydrogen (secondary N) is 2. The number of para-hydroxylation sites is 1. The molecule has 0 radical (unpaired) electrons. The second-order valence-corrected chi connectivity index (χ2v) is 16.4. The third-order valence-corrected chi connectivity index (χ3v) is 11.1. The molecule has 0 bridgehead atoms. The summed E-state index contributed by atoms with van der Waals surface area (Å²) in [6.07, 6.45) is 6.97. The molecule has 1 aromatic heterocycles. The third kappa shape index (κ3) is 6.10. The Morgan fingerprint density at radius 3 is 2.49 bits per heavy atom. The minimum Gasteiger partial charge on any atom is -0.489 e. The van der Waals surface area contributed by atoms with Gasteiger partial charge in [-0.25, -0.2) is 4.98 Å². The van der Waals surface area contributed by atoms with Crippen LogP contribution in [0.15, 0.2) is 42.6 Å². The lowest BCUT2D eigenvalue weighted by molar-refractivity contribution is 0.0768. The van der Waals surface area contributed by atoms with Crippen LogP contribution in [0.4, 0.5) is 28.8 Å². The Kier molecular flexibility index (Phi) is 7.79. The molecule has 0 amide bonds. The maximum atomic E-state index is 12.8. The van der Waals surface area contributed by atoms with Crippen molar-refractivity contribution in [2.75, 3.05) is 68.2 Å². The van der Waals surface area contributed by atoms with Crippen LogP contribution in [0.5, 0.6) is 5.75 Å². The highest BCUT2D eigenvalue weighted by molar-refractivity contribution is 7.70. The number of piperidine rings is 1. The van der Waals surface area contributed by atoms with E-state index < -0.39 is 7.14 Å². The number of nitrogens with zero attached hydrogens (tertiary/aromatic N) is 5. The van der Waals surface area contributed by atoms with Gasteiger partial charge in [-0.15, -0.1) is 0 Å². The average Bonchev–Trinajstić information content (AvgIpc) is 3.84. The highest BCUT2D eigenvalue weighted by Crippen LogP contribution is 2.42. The quantitative estimate of drug-likeness (QED) is 0.324. The summed E-state index contributed by atoms with van der Waals surface area (Å²) in [6.45, 7) is 12.1. The van der Waals surface area contributed by atoms with Crippen LogP contribution in [0.25, 0.3) is 0 Å². The topological polar surface area (TPSA) is 85.9 Å². The summed E-state index contributed by atoms with van der Waals surface area (Å²) < 4.78 is 19.2. The van der Waals surface area contributed by atoms with E-state index in [-0.39, 0.29) is 0 Å². The lowest BCUT2D eigenvalue weighted by atomic mass is 9.99. The molecular weight excluding hydrogens is 581 g/mol. The zero-order chi connectivity index (χ0) is 29.7. The molecule has 0 unspecified atom stereocenters. The van der Waals surface area contributed by atoms with Crippen molar-refractivity contribution < 1.29 is 9.30 Å². The van der Waals surface area contributed by atoms with Gasteiger partial charge in [-0.3, -0.25) is 4.90 Å². The number of piperazine rings is 1. The molecule has 11 heteroatoms. The first-order chi connectivity index (χ1) is 20.7. The molecule has 228 valence electrons. The van der Waals surface area contributed by atoms with Crippen molar-refractivity contribution in [1.82, 2.24) is 19.8 Å². The Balaban J connectivity index is 1.04. The van der Waals surface area contributed by atoms with Gasteiger partial charge < -0.3 is 29.7 Å². The van der Waals surface area contributed by atoms with Gasteiger partial charge in [-0.2, -0.15) is 4.98 Å². The maximum Gasteiger partial charge on any atom is 0.229 e. The van der Waals surface area contributed by atoms with E-state index in [0.29, 0.717) is 35.5 Å². The number of benzene rings is 2. The first kappa shape index (κ1) is 28.9. The molecule has 1 saturated carbocycles. The highest BCUT2D eigenvalue weighted by Gasteiger charge is 2.38. The lowest BCUT2D eigenvalue weighted by Crippen LogP contribution is -2.60. The van der Waals surface area contributed by atoms with Crippen LogP contribution < -0.4 is 25.6 Å². The predicted molar refractivity (Wildman–Crippen MR) is 176 cm³/mol. The monoisotopic (exact) mass is 621 g/mol. The largest absolute Gasteiger partial charge is 0.489 e. The summed E-state index contributed by atoms with van der Waals surface area (Å²) in [4.78, 5) is 17.1. The molecule has 4 heterocycles. The van der Waals surface area contributed by atoms with E-state index in [9.17, 15) is 4.57 Å². The average molecular weight is 622 g/mol. The number of likely N-dealkylation sites (tertiary alicyclic amines) is 1. The van der Waals surface area contributed by atoms with Gasteiger partial charge in [-0.05, 0) is 82.8 Å². The summed E-state index contributed by atoms with van der Waals surface area (Å²) in [5.41, 5.74) is 3.94. The fraction of sp³-hybridized carbons (Fsp3) is 0.500. The van der Waals surface area contributed by atoms with Crippen molar-refractivity contribution in [3.63, 3.8) is 0 Å². The molecule has 3 fully saturated rings. The fourth-order valence-corrected chi connectivity index (χ4v) is 8.30. The lowest BCUT2D eigenvalue weighted by Gasteiger charge is -2.49. The molecule has 2 saturated heterocycles. The zero-order valence-electron chi connectivity index (χ0n) is 25.2. The number of halogens is 1. The molecule has 2 aromatic carbocycles. The first-order valence-corrected chi connectivity index (χ1v) is 18.4. The van der Waals surface area contributed by atoms with Crippen LogP contribution >= 0.6 is 18.7 Å². The Morgan fingerprint density at radius 2 is 1.72 bits per heavy atom. The Labute approximate surface area is 259 Å². The third-order valence-electron chi connectivity index (χ3n) is 9.31. The van der Waals surface area contributed by atoms with E-state index in [0.717, 1.165) is 48.1 Å². The molecule has 9 nitrogen and oxygen atoms in total. The molecule has 4 aliphatic rings. The molecule has 43 heavy (non-hydrogen) atoms. The number of hydrogen-bond donors (Lipinski definition) is 2. The van der Waals surface area contributed by atoms with E-state index in [1.54, 1.807) is 19.5 Å². The van der Waals surface area contributed by atoms with Crippen molar-refractivity contribution in [2.24, 2.45) is 0 Å². The molecule has 1 atom stereocenters. The van der Waals surface area contributed by atoms with Crippen LogP contribution in [0.2, 0.25) is 5.02 Å². The molecular formula is C32H41ClN7O2P. The van der Waals surface area contributed by atoms with Crippen molar-refractivity contribution >= 4 is 52.9 Å². The molecule has 3 aliphatic heterocycles. The normalized spacial score (nSPS) is 21.6. The predicted octanol–water partition coefficient (Wildman–Crippen LogP) is 5.68. The maximum absolute atomic E-state index is 12.8. The number of fused-ring (bicyclic) bond motifs is 3. The van der Waals surface area contributed by atoms with Gasteiger partial charge in [0.1, 0.15) is 24.5 Å². The molecule has 7 rings (SSSR count). The SMILES string of the molecule is Cc1cc(Nc2ncc(Cl)c(Nc3ccccc3P(C)(C)=O)n2)cc2c1N1CCN(C3CCN(C4CC4)CC3)C[C@H]1CO2. The smallest absolute Gasteiger partial charge is 0.229 e. The minimum absolute atomic E-state index is 0.373. The Hall–Kier alpha value is -2.84. The molecule has 0 spiro atoms. The van der Waals surface area contributed by atoms with Crippen molar-refractivity contribution in [3.05, 3.63) is 53.2 Å². The fourth-order valence-electron chi connectivity index (χ4n) is 7.01. The van der Waals surface area contributed by atoms with Gasteiger partial charge in [0.25, 0.3) is 0 Å². The molecule has 1 aliphatic carbocycles. The van der Waals surface area contributed by atoms with Crippen LogP contribution in [0.1, 0.15) is 31.2 Å². The number of anilines is 5. The second kappa shape index (κ2) is 11.6. The standard InChI is InChI=1S/C32H41ClN7O2P/c1-21-16-22(35-32-34-18-26(33)31(37-32)36-27-6-4-5-7-29(27)43(2,3)41)17-28-30(21)40-15-14-39(19-25(40)20-42-28)24-10-12-38(13-11-24)23-8-9-23/h4-7,16-18,23-25H,8-15,19-20H2,1-3H3,(H2,34,35,36,37)/t25-/m0/s1. The Bertz CT molecular complexity index is 1550. The summed E-state index contributed by atoms with van der Waals surface area (Å²) in [6, 6.07) is 13.7. The number of hydrogen-bond acceptors (Lipinski definition) is 9. The van der Waals surface area contributed by atoms with Gasteiger partial charge in [-0.1, -0.05) is 23.7 Å². The summed E-state index contributed by atoms with van der Waals surface area (Å²) in [5, 5.41) is 7.74. The molecule has 2 N–H and O–H groups in total. The van der Waals surface area contributed by atoms with Gasteiger partial charge in [0.15, 0.2) is 5.82 Å². The summed E-state index contributed by atoms with van der Waals surface area (Å²) in [5.74, 6) is 1.76. The second-order valence-electron chi connectivity index (χ2n) is 12.8. The number of aryl methyl sites for hydroxylation is 1. The van der Waals surface area contributed by atoms with Crippen molar-refractivity contribution in [2.45, 2.75) is 50.7 Å². The van der Waals surface area contributed by atoms with Gasteiger partial charge in [0.05, 0.1) is 23.6 Å². The zero-order valence-corrected chi connectivity index (χ0v) is 26.9. The van der Waals surface area contributed by atoms with E-state index in [1.165, 1.54) is 50.0 Å². The molecule has 3 aromatic rings. The van der Waals surface area contributed by atoms with Gasteiger partial charge in [0, 0.05) is 48.8 Å². The van der Waals surface area contributed by atoms with Crippen molar-refractivity contribution in [3.8, 4) is 5.75 Å². The number of aromatic nitrogens is 2. The van der Waals surface area contributed by atoms with E-state index in [4.69, 9.17) is 16.3 Å². The van der Waals surface area contributed by atoms with Crippen molar-refractivity contribution in [1.29, 1.82) is 0 Å². The summed E-state index contributed by atoms with van der Waals surface area (Å²) in [7, 11) is -2.50. The van der Waals surface area contributed by atoms with Crippen LogP contribution in [-0.2, 0) is 4.57 Å². The van der Waals surface area contributed by atoms with Gasteiger partial charge >= 0.3 is 0 Å². The van der Waals surface area contributed by atoms with E-state index >= 15 is 0 Å². The van der Waals surface area contributed by atoms with E-state index in [1.807, 2.05) is 30.3 Å². The van der Waals surface area contributed by atoms with Gasteiger partial charge in [0.2, 0.25) is 5.95 Å². The summed E-state index contributed by atoms with van der Waals surface area (Å²) >= 11 is 6.47. The highest BCUT2D eigenvalue weighted by atomic mass is 35.5. The van der Waals surface area contributed by atoms with Crippen LogP contribution in [0.3, 0.4) is 0 Å². The van der Waals surface area contributed by atoms with Crippen LogP contribution in [-0.4, -0.2) is 90.6 Å². The first-order valence-electron chi connectivity index (χ1n) is 15.5. The number of ether oxygens (including phenoxy) is 1. The number of rotatable bonds is 7.